The summed E-state index contributed by atoms with van der Waals surface area (Å²) in [5.41, 5.74) is -0.633. The van der Waals surface area contributed by atoms with Crippen LogP contribution in [0.15, 0.2) is 46.0 Å². The Kier molecular flexibility index (Phi) is 5.08. The minimum absolute atomic E-state index is 0.145. The molecule has 0 aliphatic heterocycles. The first-order valence-corrected chi connectivity index (χ1v) is 10.6. The molecule has 0 radical (unpaired) electrons. The molecule has 11 nitrogen and oxygen atoms in total. The summed E-state index contributed by atoms with van der Waals surface area (Å²) in [5, 5.41) is 24.2. The van der Waals surface area contributed by atoms with Gasteiger partial charge in [0.1, 0.15) is 11.2 Å². The van der Waals surface area contributed by atoms with Crippen molar-refractivity contribution in [3.05, 3.63) is 52.9 Å². The van der Waals surface area contributed by atoms with E-state index in [0.29, 0.717) is 24.5 Å². The number of aromatic nitrogens is 5. The molecule has 3 heterocycles. The molecule has 32 heavy (non-hydrogen) atoms. The molecule has 0 unspecified atom stereocenters. The molecule has 2 aliphatic rings. The summed E-state index contributed by atoms with van der Waals surface area (Å²) in [6, 6.07) is 7.03. The van der Waals surface area contributed by atoms with E-state index in [4.69, 9.17) is 4.52 Å². The van der Waals surface area contributed by atoms with Crippen LogP contribution in [-0.4, -0.2) is 48.1 Å². The third kappa shape index (κ3) is 3.70. The standard InChI is InChI=1S/C21H23N7O4/c29-17-3-1-10-23-28(17)15-6-7-16(22-12-15)24-13-4-5-14(11-13)25-20-26-18(32-27-20)21(19(30)31)8-2-9-21/h1,3,6-7,10,12-14H,2,4-5,8-9,11H2,(H,22,24)(H,25,27)(H,30,31)/t13-,14-/m0/s1. The average Bonchev–Trinajstić information content (AvgIpc) is 3.38. The normalized spacial score (nSPS) is 21.6. The van der Waals surface area contributed by atoms with Crippen LogP contribution >= 0.6 is 0 Å². The second kappa shape index (κ2) is 8.06. The Morgan fingerprint density at radius 1 is 1.19 bits per heavy atom. The molecule has 3 aromatic rings. The lowest BCUT2D eigenvalue weighted by Gasteiger charge is -2.33. The lowest BCUT2D eigenvalue weighted by atomic mass is 9.69. The van der Waals surface area contributed by atoms with Crippen molar-refractivity contribution in [2.75, 3.05) is 10.6 Å². The van der Waals surface area contributed by atoms with E-state index in [9.17, 15) is 14.7 Å². The van der Waals surface area contributed by atoms with Gasteiger partial charge < -0.3 is 20.3 Å². The molecular weight excluding hydrogens is 414 g/mol. The fourth-order valence-electron chi connectivity index (χ4n) is 4.31. The Hall–Kier alpha value is -3.76. The van der Waals surface area contributed by atoms with Crippen LogP contribution in [0.2, 0.25) is 0 Å². The zero-order valence-corrected chi connectivity index (χ0v) is 17.3. The van der Waals surface area contributed by atoms with Crippen LogP contribution in [0.3, 0.4) is 0 Å². The predicted molar refractivity (Wildman–Crippen MR) is 114 cm³/mol. The lowest BCUT2D eigenvalue weighted by molar-refractivity contribution is -0.148. The molecule has 0 saturated heterocycles. The van der Waals surface area contributed by atoms with E-state index in [1.54, 1.807) is 24.5 Å². The largest absolute Gasteiger partial charge is 0.480 e. The molecule has 0 amide bonds. The molecule has 0 aromatic carbocycles. The number of anilines is 2. The van der Waals surface area contributed by atoms with E-state index in [1.165, 1.54) is 10.7 Å². The Balaban J connectivity index is 1.17. The first kappa shape index (κ1) is 20.2. The maximum Gasteiger partial charge on any atom is 0.319 e. The molecule has 11 heteroatoms. The maximum atomic E-state index is 11.9. The van der Waals surface area contributed by atoms with Crippen LogP contribution in [0, 0.1) is 0 Å². The summed E-state index contributed by atoms with van der Waals surface area (Å²) in [4.78, 5) is 32.2. The monoisotopic (exact) mass is 437 g/mol. The molecule has 166 valence electrons. The van der Waals surface area contributed by atoms with Gasteiger partial charge in [-0.3, -0.25) is 9.59 Å². The third-order valence-electron chi connectivity index (χ3n) is 6.28. The molecular formula is C21H23N7O4. The van der Waals surface area contributed by atoms with E-state index >= 15 is 0 Å². The van der Waals surface area contributed by atoms with Crippen LogP contribution in [0.4, 0.5) is 11.8 Å². The maximum absolute atomic E-state index is 11.9. The van der Waals surface area contributed by atoms with Gasteiger partial charge in [-0.05, 0) is 55.5 Å². The number of carboxylic acids is 1. The quantitative estimate of drug-likeness (QED) is 0.501. The van der Waals surface area contributed by atoms with E-state index in [0.717, 1.165) is 31.5 Å². The van der Waals surface area contributed by atoms with E-state index in [1.807, 2.05) is 6.07 Å². The summed E-state index contributed by atoms with van der Waals surface area (Å²) in [6.45, 7) is 0. The molecule has 2 saturated carbocycles. The zero-order chi connectivity index (χ0) is 22.1. The van der Waals surface area contributed by atoms with Gasteiger partial charge in [-0.25, -0.2) is 4.98 Å². The van der Waals surface area contributed by atoms with E-state index in [2.05, 4.69) is 30.9 Å². The molecule has 2 fully saturated rings. The van der Waals surface area contributed by atoms with Gasteiger partial charge in [-0.15, -0.1) is 0 Å². The van der Waals surface area contributed by atoms with Gasteiger partial charge in [-0.2, -0.15) is 14.8 Å². The Morgan fingerprint density at radius 2 is 2.00 bits per heavy atom. The van der Waals surface area contributed by atoms with Gasteiger partial charge in [0, 0.05) is 24.3 Å². The molecule has 2 aliphatic carbocycles. The zero-order valence-electron chi connectivity index (χ0n) is 17.3. The minimum Gasteiger partial charge on any atom is -0.480 e. The molecule has 2 atom stereocenters. The number of hydrogen-bond donors (Lipinski definition) is 3. The fourth-order valence-corrected chi connectivity index (χ4v) is 4.31. The fraction of sp³-hybridized carbons (Fsp3) is 0.429. The third-order valence-corrected chi connectivity index (χ3v) is 6.28. The van der Waals surface area contributed by atoms with Crippen LogP contribution in [0.25, 0.3) is 5.69 Å². The number of pyridine rings is 1. The number of nitrogens with zero attached hydrogens (tertiary/aromatic N) is 5. The second-order valence-electron chi connectivity index (χ2n) is 8.33. The highest BCUT2D eigenvalue weighted by Crippen LogP contribution is 2.43. The molecule has 0 bridgehead atoms. The summed E-state index contributed by atoms with van der Waals surface area (Å²) in [5.74, 6) is 0.332. The Labute approximate surface area is 182 Å². The lowest BCUT2D eigenvalue weighted by Crippen LogP contribution is -2.42. The van der Waals surface area contributed by atoms with Gasteiger partial charge in [0.2, 0.25) is 5.89 Å². The van der Waals surface area contributed by atoms with Crippen molar-refractivity contribution < 1.29 is 14.4 Å². The van der Waals surface area contributed by atoms with Gasteiger partial charge in [0.05, 0.1) is 11.9 Å². The van der Waals surface area contributed by atoms with Crippen LogP contribution in [-0.2, 0) is 10.2 Å². The van der Waals surface area contributed by atoms with Gasteiger partial charge in [0.15, 0.2) is 0 Å². The SMILES string of the molecule is O=C(O)C1(c2nc(N[C@H]3CC[C@H](Nc4ccc(-n5ncccc5=O)cn4)C3)no2)CCC1. The smallest absolute Gasteiger partial charge is 0.319 e. The Bertz CT molecular complexity index is 1170. The van der Waals surface area contributed by atoms with Gasteiger partial charge in [-0.1, -0.05) is 6.42 Å². The van der Waals surface area contributed by atoms with Gasteiger partial charge in [0.25, 0.3) is 11.5 Å². The Morgan fingerprint density at radius 3 is 2.66 bits per heavy atom. The van der Waals surface area contributed by atoms with Crippen molar-refractivity contribution in [1.29, 1.82) is 0 Å². The van der Waals surface area contributed by atoms with Crippen molar-refractivity contribution in [1.82, 2.24) is 24.9 Å². The second-order valence-corrected chi connectivity index (χ2v) is 8.33. The highest BCUT2D eigenvalue weighted by atomic mass is 16.5. The minimum atomic E-state index is -1.02. The molecule has 3 aromatic heterocycles. The topological polar surface area (TPSA) is 148 Å². The highest BCUT2D eigenvalue weighted by molar-refractivity contribution is 5.81. The number of nitrogens with one attached hydrogen (secondary N) is 2. The molecule has 0 spiro atoms. The number of rotatable bonds is 7. The van der Waals surface area contributed by atoms with Crippen LogP contribution in [0.5, 0.6) is 0 Å². The van der Waals surface area contributed by atoms with Crippen LogP contribution in [0.1, 0.15) is 44.4 Å². The van der Waals surface area contributed by atoms with E-state index in [-0.39, 0.29) is 23.5 Å². The average molecular weight is 437 g/mol. The first-order chi connectivity index (χ1) is 15.5. The highest BCUT2D eigenvalue weighted by Gasteiger charge is 2.51. The van der Waals surface area contributed by atoms with Crippen molar-refractivity contribution in [2.45, 2.75) is 56.0 Å². The summed E-state index contributed by atoms with van der Waals surface area (Å²) in [6.07, 6.45) is 7.75. The molecule has 5 rings (SSSR count). The van der Waals surface area contributed by atoms with Gasteiger partial charge >= 0.3 is 5.97 Å². The summed E-state index contributed by atoms with van der Waals surface area (Å²) >= 11 is 0. The summed E-state index contributed by atoms with van der Waals surface area (Å²) < 4.78 is 6.56. The van der Waals surface area contributed by atoms with Crippen molar-refractivity contribution in [2.24, 2.45) is 0 Å². The number of carboxylic acid groups (broad SMARTS) is 1. The van der Waals surface area contributed by atoms with Crippen molar-refractivity contribution in [3.63, 3.8) is 0 Å². The predicted octanol–water partition coefficient (Wildman–Crippen LogP) is 1.96. The summed E-state index contributed by atoms with van der Waals surface area (Å²) in [7, 11) is 0. The van der Waals surface area contributed by atoms with E-state index < -0.39 is 11.4 Å². The first-order valence-electron chi connectivity index (χ1n) is 10.6. The molecule has 3 N–H and O–H groups in total. The van der Waals surface area contributed by atoms with Crippen molar-refractivity contribution >= 4 is 17.7 Å². The number of carbonyl (C=O) groups is 1. The van der Waals surface area contributed by atoms with Crippen LogP contribution < -0.4 is 16.2 Å². The number of hydrogen-bond acceptors (Lipinski definition) is 9. The van der Waals surface area contributed by atoms with Crippen molar-refractivity contribution in [3.8, 4) is 5.69 Å². The number of aliphatic carboxylic acids is 1.